The van der Waals surface area contributed by atoms with Crippen molar-refractivity contribution in [3.63, 3.8) is 0 Å². The van der Waals surface area contributed by atoms with Crippen LogP contribution in [0.3, 0.4) is 0 Å². The Labute approximate surface area is 135 Å². The molecule has 0 spiro atoms. The number of amides is 1. The van der Waals surface area contributed by atoms with Crippen LogP contribution < -0.4 is 5.32 Å². The maximum Gasteiger partial charge on any atom is 0.277 e. The molecule has 1 amide bonds. The topological polar surface area (TPSA) is 107 Å². The smallest absolute Gasteiger partial charge is 0.277 e. The number of anilines is 1. The first-order chi connectivity index (χ1) is 11.0. The van der Waals surface area contributed by atoms with Crippen LogP contribution in [0.25, 0.3) is 11.5 Å². The van der Waals surface area contributed by atoms with E-state index < -0.39 is 5.25 Å². The molecule has 1 unspecified atom stereocenters. The van der Waals surface area contributed by atoms with Crippen molar-refractivity contribution in [2.24, 2.45) is 0 Å². The highest BCUT2D eigenvalue weighted by atomic mass is 32.2. The van der Waals surface area contributed by atoms with Crippen molar-refractivity contribution < 1.29 is 18.2 Å². The molecule has 3 heterocycles. The van der Waals surface area contributed by atoms with Gasteiger partial charge in [0.25, 0.3) is 11.1 Å². The van der Waals surface area contributed by atoms with E-state index in [1.165, 1.54) is 0 Å². The van der Waals surface area contributed by atoms with Crippen molar-refractivity contribution in [2.75, 3.05) is 5.32 Å². The molecule has 0 aliphatic rings. The number of carbonyl (C=O) groups is 1. The van der Waals surface area contributed by atoms with Crippen molar-refractivity contribution >= 4 is 23.5 Å². The van der Waals surface area contributed by atoms with Gasteiger partial charge in [0.1, 0.15) is 11.5 Å². The maximum atomic E-state index is 12.1. The van der Waals surface area contributed by atoms with Crippen LogP contribution in [0.15, 0.2) is 37.0 Å². The van der Waals surface area contributed by atoms with Gasteiger partial charge in [-0.1, -0.05) is 16.9 Å². The van der Waals surface area contributed by atoms with Crippen molar-refractivity contribution in [3.05, 3.63) is 29.9 Å². The molecule has 0 saturated carbocycles. The summed E-state index contributed by atoms with van der Waals surface area (Å²) in [4.78, 5) is 12.1. The van der Waals surface area contributed by atoms with E-state index in [-0.39, 0.29) is 5.91 Å². The fourth-order valence-electron chi connectivity index (χ4n) is 1.83. The number of hydrogen-bond acceptors (Lipinski definition) is 8. The average molecular weight is 334 g/mol. The summed E-state index contributed by atoms with van der Waals surface area (Å²) in [6.07, 6.45) is 1.55. The Kier molecular flexibility index (Phi) is 4.20. The van der Waals surface area contributed by atoms with Gasteiger partial charge in [0.05, 0.1) is 17.1 Å². The van der Waals surface area contributed by atoms with Crippen LogP contribution in [0.2, 0.25) is 0 Å². The predicted octanol–water partition coefficient (Wildman–Crippen LogP) is 3.05. The molecule has 9 heteroatoms. The summed E-state index contributed by atoms with van der Waals surface area (Å²) in [5.41, 5.74) is 0.736. The summed E-state index contributed by atoms with van der Waals surface area (Å²) in [5, 5.41) is 14.1. The standard InChI is InChI=1S/C14H14N4O4S/c1-7-6-11(18-22-7)15-12(19)9(3)23-14-17-16-13(21-14)10-4-5-20-8(10)2/h4-6,9H,1-3H3,(H,15,18,19). The van der Waals surface area contributed by atoms with E-state index in [1.807, 2.05) is 6.92 Å². The van der Waals surface area contributed by atoms with Gasteiger partial charge in [0, 0.05) is 6.07 Å². The second-order valence-corrected chi connectivity index (χ2v) is 6.13. The van der Waals surface area contributed by atoms with Gasteiger partial charge in [-0.3, -0.25) is 4.79 Å². The lowest BCUT2D eigenvalue weighted by Crippen LogP contribution is -2.22. The molecule has 23 heavy (non-hydrogen) atoms. The molecule has 0 fully saturated rings. The first kappa shape index (κ1) is 15.3. The number of aryl methyl sites for hydroxylation is 2. The SMILES string of the molecule is Cc1cc(NC(=O)C(C)Sc2nnc(-c3ccoc3C)o2)no1. The van der Waals surface area contributed by atoms with E-state index in [0.29, 0.717) is 28.5 Å². The molecular weight excluding hydrogens is 320 g/mol. The highest BCUT2D eigenvalue weighted by Crippen LogP contribution is 2.28. The molecule has 0 radical (unpaired) electrons. The second-order valence-electron chi connectivity index (χ2n) is 4.84. The van der Waals surface area contributed by atoms with Gasteiger partial charge in [-0.05, 0) is 26.8 Å². The predicted molar refractivity (Wildman–Crippen MR) is 81.9 cm³/mol. The Morgan fingerprint density at radius 1 is 1.35 bits per heavy atom. The van der Waals surface area contributed by atoms with E-state index in [1.54, 1.807) is 32.2 Å². The lowest BCUT2D eigenvalue weighted by Gasteiger charge is -2.06. The Morgan fingerprint density at radius 3 is 2.83 bits per heavy atom. The normalized spacial score (nSPS) is 12.3. The van der Waals surface area contributed by atoms with Crippen LogP contribution in [0.5, 0.6) is 0 Å². The Hall–Kier alpha value is -2.55. The van der Waals surface area contributed by atoms with Crippen molar-refractivity contribution in [2.45, 2.75) is 31.2 Å². The van der Waals surface area contributed by atoms with Crippen LogP contribution in [0, 0.1) is 13.8 Å². The molecule has 120 valence electrons. The lowest BCUT2D eigenvalue weighted by molar-refractivity contribution is -0.115. The molecule has 8 nitrogen and oxygen atoms in total. The molecule has 0 saturated heterocycles. The van der Waals surface area contributed by atoms with E-state index in [0.717, 1.165) is 17.3 Å². The second kappa shape index (κ2) is 6.29. The van der Waals surface area contributed by atoms with Crippen molar-refractivity contribution in [1.82, 2.24) is 15.4 Å². The van der Waals surface area contributed by atoms with E-state index in [9.17, 15) is 4.79 Å². The number of furan rings is 1. The van der Waals surface area contributed by atoms with Gasteiger partial charge in [-0.15, -0.1) is 10.2 Å². The zero-order valence-corrected chi connectivity index (χ0v) is 13.5. The van der Waals surface area contributed by atoms with Gasteiger partial charge in [-0.25, -0.2) is 0 Å². The molecule has 3 aromatic rings. The average Bonchev–Trinajstić information content (AvgIpc) is 3.21. The lowest BCUT2D eigenvalue weighted by atomic mass is 10.3. The summed E-state index contributed by atoms with van der Waals surface area (Å²) in [6.45, 7) is 5.29. The Bertz CT molecular complexity index is 822. The fraction of sp³-hybridized carbons (Fsp3) is 0.286. The molecule has 0 aliphatic carbocycles. The molecule has 0 aromatic carbocycles. The number of aromatic nitrogens is 3. The monoisotopic (exact) mass is 334 g/mol. The fourth-order valence-corrected chi connectivity index (χ4v) is 2.51. The van der Waals surface area contributed by atoms with E-state index in [4.69, 9.17) is 13.4 Å². The summed E-state index contributed by atoms with van der Waals surface area (Å²) in [6, 6.07) is 3.39. The number of hydrogen-bond donors (Lipinski definition) is 1. The molecule has 3 aromatic heterocycles. The minimum absolute atomic E-state index is 0.234. The van der Waals surface area contributed by atoms with Gasteiger partial charge in [-0.2, -0.15) is 0 Å². The molecular formula is C14H14N4O4S. The van der Waals surface area contributed by atoms with Crippen LogP contribution in [-0.2, 0) is 4.79 Å². The maximum absolute atomic E-state index is 12.1. The zero-order valence-electron chi connectivity index (χ0n) is 12.7. The van der Waals surface area contributed by atoms with Gasteiger partial charge >= 0.3 is 0 Å². The van der Waals surface area contributed by atoms with Crippen LogP contribution >= 0.6 is 11.8 Å². The number of thioether (sulfide) groups is 1. The largest absolute Gasteiger partial charge is 0.469 e. The minimum Gasteiger partial charge on any atom is -0.469 e. The van der Waals surface area contributed by atoms with Gasteiger partial charge < -0.3 is 18.7 Å². The van der Waals surface area contributed by atoms with Crippen LogP contribution in [0.1, 0.15) is 18.4 Å². The number of rotatable bonds is 5. The first-order valence-corrected chi connectivity index (χ1v) is 7.69. The third kappa shape index (κ3) is 3.45. The quantitative estimate of drug-likeness (QED) is 0.709. The molecule has 0 aliphatic heterocycles. The summed E-state index contributed by atoms with van der Waals surface area (Å²) < 4.78 is 15.6. The third-order valence-corrected chi connectivity index (χ3v) is 3.96. The number of carbonyl (C=O) groups excluding carboxylic acids is 1. The zero-order chi connectivity index (χ0) is 16.4. The van der Waals surface area contributed by atoms with Crippen molar-refractivity contribution in [1.29, 1.82) is 0 Å². The first-order valence-electron chi connectivity index (χ1n) is 6.81. The number of nitrogens with zero attached hydrogens (tertiary/aromatic N) is 3. The summed E-state index contributed by atoms with van der Waals surface area (Å²) in [5.74, 6) is 1.82. The van der Waals surface area contributed by atoms with E-state index >= 15 is 0 Å². The van der Waals surface area contributed by atoms with Crippen molar-refractivity contribution in [3.8, 4) is 11.5 Å². The highest BCUT2D eigenvalue weighted by molar-refractivity contribution is 8.00. The Morgan fingerprint density at radius 2 is 2.17 bits per heavy atom. The molecule has 1 N–H and O–H groups in total. The third-order valence-electron chi connectivity index (χ3n) is 3.02. The van der Waals surface area contributed by atoms with Crippen LogP contribution in [-0.4, -0.2) is 26.5 Å². The summed E-state index contributed by atoms with van der Waals surface area (Å²) in [7, 11) is 0. The summed E-state index contributed by atoms with van der Waals surface area (Å²) >= 11 is 1.16. The molecule has 0 bridgehead atoms. The number of nitrogens with one attached hydrogen (secondary N) is 1. The van der Waals surface area contributed by atoms with E-state index in [2.05, 4.69) is 20.7 Å². The molecule has 3 rings (SSSR count). The van der Waals surface area contributed by atoms with Gasteiger partial charge in [0.2, 0.25) is 5.91 Å². The van der Waals surface area contributed by atoms with Gasteiger partial charge in [0.15, 0.2) is 5.82 Å². The molecule has 1 atom stereocenters. The highest BCUT2D eigenvalue weighted by Gasteiger charge is 2.20. The Balaban J connectivity index is 1.64. The minimum atomic E-state index is -0.439. The van der Waals surface area contributed by atoms with Crippen LogP contribution in [0.4, 0.5) is 5.82 Å².